The average molecular weight is 333 g/mol. The molecule has 2 aromatic rings. The first kappa shape index (κ1) is 15.2. The van der Waals surface area contributed by atoms with Crippen LogP contribution in [0.15, 0.2) is 47.1 Å². The zero-order valence-electron chi connectivity index (χ0n) is 12.1. The van der Waals surface area contributed by atoms with E-state index in [0.29, 0.717) is 6.04 Å². The fourth-order valence-electron chi connectivity index (χ4n) is 2.35. The molecule has 0 saturated carbocycles. The summed E-state index contributed by atoms with van der Waals surface area (Å²) in [6.45, 7) is 2.18. The Morgan fingerprint density at radius 1 is 1.20 bits per heavy atom. The van der Waals surface area contributed by atoms with Gasteiger partial charge in [0.1, 0.15) is 0 Å². The van der Waals surface area contributed by atoms with Crippen molar-refractivity contribution in [2.24, 2.45) is 0 Å². The third kappa shape index (κ3) is 4.43. The predicted octanol–water partition coefficient (Wildman–Crippen LogP) is 3.92. The van der Waals surface area contributed by atoms with Crippen LogP contribution in [0.2, 0.25) is 0 Å². The summed E-state index contributed by atoms with van der Waals surface area (Å²) in [7, 11) is 2.03. The Hall–Kier alpha value is -1.19. The summed E-state index contributed by atoms with van der Waals surface area (Å²) in [5, 5.41) is 3.40. The van der Waals surface area contributed by atoms with Gasteiger partial charge in [-0.05, 0) is 66.0 Å². The maximum absolute atomic E-state index is 4.45. The van der Waals surface area contributed by atoms with E-state index in [2.05, 4.69) is 69.6 Å². The van der Waals surface area contributed by atoms with Gasteiger partial charge in [-0.1, -0.05) is 24.3 Å². The van der Waals surface area contributed by atoms with Crippen LogP contribution in [0, 0.1) is 6.92 Å². The third-order valence-corrected chi connectivity index (χ3v) is 4.14. The molecule has 0 aliphatic carbocycles. The lowest BCUT2D eigenvalue weighted by Crippen LogP contribution is -2.28. The van der Waals surface area contributed by atoms with E-state index in [4.69, 9.17) is 0 Å². The largest absolute Gasteiger partial charge is 0.317 e. The molecule has 0 radical (unpaired) electrons. The van der Waals surface area contributed by atoms with Crippen LogP contribution in [-0.2, 0) is 12.8 Å². The van der Waals surface area contributed by atoms with E-state index in [1.165, 1.54) is 11.1 Å². The highest BCUT2D eigenvalue weighted by Crippen LogP contribution is 2.13. The molecule has 106 valence electrons. The van der Waals surface area contributed by atoms with Crippen LogP contribution >= 0.6 is 15.9 Å². The molecule has 1 atom stereocenters. The molecule has 1 heterocycles. The Balaban J connectivity index is 1.92. The summed E-state index contributed by atoms with van der Waals surface area (Å²) in [6, 6.07) is 13.2. The molecule has 0 aliphatic rings. The van der Waals surface area contributed by atoms with Crippen LogP contribution in [0.3, 0.4) is 0 Å². The lowest BCUT2D eigenvalue weighted by atomic mass is 9.99. The van der Waals surface area contributed by atoms with Gasteiger partial charge in [0.15, 0.2) is 0 Å². The quantitative estimate of drug-likeness (QED) is 0.867. The minimum absolute atomic E-state index is 0.461. The van der Waals surface area contributed by atoms with Crippen molar-refractivity contribution in [1.82, 2.24) is 10.3 Å². The number of hydrogen-bond acceptors (Lipinski definition) is 2. The molecule has 0 saturated heterocycles. The number of nitrogens with one attached hydrogen (secondary N) is 1. The van der Waals surface area contributed by atoms with Crippen molar-refractivity contribution >= 4 is 15.9 Å². The Kier molecular flexibility index (Phi) is 5.74. The predicted molar refractivity (Wildman–Crippen MR) is 88.0 cm³/mol. The van der Waals surface area contributed by atoms with Crippen molar-refractivity contribution in [3.05, 3.63) is 63.9 Å². The number of halogens is 1. The van der Waals surface area contributed by atoms with Crippen molar-refractivity contribution < 1.29 is 0 Å². The molecule has 1 unspecified atom stereocenters. The minimum atomic E-state index is 0.461. The van der Waals surface area contributed by atoms with E-state index in [1.54, 1.807) is 0 Å². The minimum Gasteiger partial charge on any atom is -0.317 e. The fourth-order valence-corrected chi connectivity index (χ4v) is 2.58. The number of hydrogen-bond donors (Lipinski definition) is 1. The highest BCUT2D eigenvalue weighted by atomic mass is 79.9. The smallest absolute Gasteiger partial charge is 0.0419 e. The van der Waals surface area contributed by atoms with Gasteiger partial charge in [0, 0.05) is 28.8 Å². The maximum atomic E-state index is 4.45. The molecule has 0 fully saturated rings. The van der Waals surface area contributed by atoms with Crippen LogP contribution in [0.25, 0.3) is 0 Å². The third-order valence-electron chi connectivity index (χ3n) is 3.68. The summed E-state index contributed by atoms with van der Waals surface area (Å²) in [5.41, 5.74) is 3.96. The van der Waals surface area contributed by atoms with Gasteiger partial charge >= 0.3 is 0 Å². The standard InChI is InChI=1S/C17H21BrN2/c1-13-5-3-4-6-14(13)7-9-16(19-2)11-17-10-8-15(18)12-20-17/h3-6,8,10,12,16,19H,7,9,11H2,1-2H3. The second-order valence-corrected chi connectivity index (χ2v) is 6.04. The Morgan fingerprint density at radius 2 is 2.00 bits per heavy atom. The van der Waals surface area contributed by atoms with Gasteiger partial charge in [-0.3, -0.25) is 4.98 Å². The number of likely N-dealkylation sites (N-methyl/N-ethyl adjacent to an activating group) is 1. The molecule has 2 rings (SSSR count). The van der Waals surface area contributed by atoms with Crippen LogP contribution in [0.5, 0.6) is 0 Å². The number of benzene rings is 1. The first-order chi connectivity index (χ1) is 9.69. The first-order valence-electron chi connectivity index (χ1n) is 7.01. The number of pyridine rings is 1. The van der Waals surface area contributed by atoms with E-state index in [9.17, 15) is 0 Å². The molecule has 3 heteroatoms. The van der Waals surface area contributed by atoms with Crippen molar-refractivity contribution in [2.45, 2.75) is 32.2 Å². The van der Waals surface area contributed by atoms with E-state index >= 15 is 0 Å². The Labute approximate surface area is 129 Å². The molecule has 0 bridgehead atoms. The van der Waals surface area contributed by atoms with E-state index < -0.39 is 0 Å². The molecule has 0 aliphatic heterocycles. The van der Waals surface area contributed by atoms with Crippen molar-refractivity contribution in [2.75, 3.05) is 7.05 Å². The topological polar surface area (TPSA) is 24.9 Å². The molecule has 2 nitrogen and oxygen atoms in total. The summed E-state index contributed by atoms with van der Waals surface area (Å²) in [6.07, 6.45) is 5.06. The number of nitrogens with zero attached hydrogens (tertiary/aromatic N) is 1. The fraction of sp³-hybridized carbons (Fsp3) is 0.353. The van der Waals surface area contributed by atoms with Crippen LogP contribution < -0.4 is 5.32 Å². The Bertz CT molecular complexity index is 537. The molecule has 1 aromatic carbocycles. The summed E-state index contributed by atoms with van der Waals surface area (Å²) < 4.78 is 1.03. The number of aromatic nitrogens is 1. The number of rotatable bonds is 6. The Morgan fingerprint density at radius 3 is 2.65 bits per heavy atom. The van der Waals surface area contributed by atoms with Gasteiger partial charge in [-0.15, -0.1) is 0 Å². The van der Waals surface area contributed by atoms with E-state index in [1.807, 2.05) is 13.2 Å². The van der Waals surface area contributed by atoms with Gasteiger partial charge in [0.05, 0.1) is 0 Å². The van der Waals surface area contributed by atoms with Crippen molar-refractivity contribution in [1.29, 1.82) is 0 Å². The van der Waals surface area contributed by atoms with Crippen LogP contribution in [0.1, 0.15) is 23.2 Å². The molecular weight excluding hydrogens is 312 g/mol. The maximum Gasteiger partial charge on any atom is 0.0419 e. The molecule has 1 aromatic heterocycles. The van der Waals surface area contributed by atoms with Crippen molar-refractivity contribution in [3.63, 3.8) is 0 Å². The van der Waals surface area contributed by atoms with E-state index in [0.717, 1.165) is 29.4 Å². The van der Waals surface area contributed by atoms with Crippen LogP contribution in [0.4, 0.5) is 0 Å². The molecule has 20 heavy (non-hydrogen) atoms. The molecule has 1 N–H and O–H groups in total. The monoisotopic (exact) mass is 332 g/mol. The zero-order chi connectivity index (χ0) is 14.4. The average Bonchev–Trinajstić information content (AvgIpc) is 2.47. The SMILES string of the molecule is CNC(CCc1ccccc1C)Cc1ccc(Br)cn1. The van der Waals surface area contributed by atoms with Crippen molar-refractivity contribution in [3.8, 4) is 0 Å². The first-order valence-corrected chi connectivity index (χ1v) is 7.80. The van der Waals surface area contributed by atoms with Crippen LogP contribution in [-0.4, -0.2) is 18.1 Å². The lowest BCUT2D eigenvalue weighted by Gasteiger charge is -2.16. The van der Waals surface area contributed by atoms with Gasteiger partial charge in [-0.2, -0.15) is 0 Å². The van der Waals surface area contributed by atoms with Gasteiger partial charge < -0.3 is 5.32 Å². The lowest BCUT2D eigenvalue weighted by molar-refractivity contribution is 0.514. The zero-order valence-corrected chi connectivity index (χ0v) is 13.7. The highest BCUT2D eigenvalue weighted by Gasteiger charge is 2.09. The molecule has 0 amide bonds. The second kappa shape index (κ2) is 7.55. The van der Waals surface area contributed by atoms with Gasteiger partial charge in [0.2, 0.25) is 0 Å². The molecular formula is C17H21BrN2. The van der Waals surface area contributed by atoms with Gasteiger partial charge in [-0.25, -0.2) is 0 Å². The summed E-state index contributed by atoms with van der Waals surface area (Å²) in [4.78, 5) is 4.45. The number of aryl methyl sites for hydroxylation is 2. The second-order valence-electron chi connectivity index (χ2n) is 5.12. The van der Waals surface area contributed by atoms with E-state index in [-0.39, 0.29) is 0 Å². The van der Waals surface area contributed by atoms with Gasteiger partial charge in [0.25, 0.3) is 0 Å². The summed E-state index contributed by atoms with van der Waals surface area (Å²) >= 11 is 3.42. The normalized spacial score (nSPS) is 12.3. The summed E-state index contributed by atoms with van der Waals surface area (Å²) in [5.74, 6) is 0. The highest BCUT2D eigenvalue weighted by molar-refractivity contribution is 9.10. The molecule has 0 spiro atoms.